The largest absolute Gasteiger partial charge is 0.313 e. The summed E-state index contributed by atoms with van der Waals surface area (Å²) in [6.07, 6.45) is 10.9. The molecule has 1 aliphatic rings. The first-order valence-corrected chi connectivity index (χ1v) is 8.40. The number of azo groups is 1. The van der Waals surface area contributed by atoms with Gasteiger partial charge in [-0.3, -0.25) is 10.1 Å². The predicted molar refractivity (Wildman–Crippen MR) is 94.9 cm³/mol. The number of hydrogen-bond acceptors (Lipinski definition) is 5. The van der Waals surface area contributed by atoms with Crippen molar-refractivity contribution in [2.24, 2.45) is 10.2 Å². The van der Waals surface area contributed by atoms with Crippen molar-refractivity contribution in [3.05, 3.63) is 64.8 Å². The van der Waals surface area contributed by atoms with Crippen LogP contribution >= 0.6 is 0 Å². The fourth-order valence-electron chi connectivity index (χ4n) is 2.46. The molecule has 1 aliphatic carbocycles. The number of benzene rings is 1. The molecule has 128 valence electrons. The van der Waals surface area contributed by atoms with Crippen molar-refractivity contribution >= 4 is 5.69 Å². The molecule has 2 rings (SSSR count). The zero-order chi connectivity index (χ0) is 17.3. The van der Waals surface area contributed by atoms with Gasteiger partial charge in [0.15, 0.2) is 0 Å². The molecule has 0 heterocycles. The lowest BCUT2D eigenvalue weighted by molar-refractivity contribution is -0.548. The summed E-state index contributed by atoms with van der Waals surface area (Å²) < 4.78 is 0. The lowest BCUT2D eigenvalue weighted by Crippen LogP contribution is -2.50. The maximum absolute atomic E-state index is 11.5. The van der Waals surface area contributed by atoms with Crippen LogP contribution in [-0.2, 0) is 0 Å². The van der Waals surface area contributed by atoms with Crippen LogP contribution in [0.4, 0.5) is 5.69 Å². The molecule has 1 N–H and O–H groups in total. The van der Waals surface area contributed by atoms with Crippen LogP contribution in [0.5, 0.6) is 0 Å². The minimum absolute atomic E-state index is 0.278. The number of hydrogen-bond donors (Lipinski definition) is 1. The topological polar surface area (TPSA) is 79.9 Å². The molecule has 0 saturated heterocycles. The van der Waals surface area contributed by atoms with Crippen molar-refractivity contribution in [1.82, 2.24) is 5.32 Å². The molecule has 6 heteroatoms. The highest BCUT2D eigenvalue weighted by molar-refractivity contribution is 5.35. The molecule has 0 radical (unpaired) electrons. The molecular weight excluding hydrogens is 304 g/mol. The normalized spacial score (nSPS) is 23.0. The van der Waals surface area contributed by atoms with Crippen LogP contribution in [0.3, 0.4) is 0 Å². The molecule has 0 saturated carbocycles. The van der Waals surface area contributed by atoms with Gasteiger partial charge < -0.3 is 0 Å². The SMILES string of the molecule is CCCCCCNC1([N+](=O)[O-])C=CC(N=Nc2ccccc2)C=C1. The Labute approximate surface area is 142 Å². The lowest BCUT2D eigenvalue weighted by atomic mass is 10.0. The van der Waals surface area contributed by atoms with E-state index >= 15 is 0 Å². The molecule has 0 aromatic heterocycles. The molecule has 1 aromatic rings. The van der Waals surface area contributed by atoms with Crippen LogP contribution in [0, 0.1) is 10.1 Å². The van der Waals surface area contributed by atoms with E-state index in [0.717, 1.165) is 31.4 Å². The first-order chi connectivity index (χ1) is 11.7. The van der Waals surface area contributed by atoms with Gasteiger partial charge in [0.1, 0.15) is 6.04 Å². The van der Waals surface area contributed by atoms with Gasteiger partial charge in [-0.05, 0) is 30.7 Å². The Morgan fingerprint density at radius 3 is 2.50 bits per heavy atom. The molecule has 0 amide bonds. The maximum atomic E-state index is 11.5. The van der Waals surface area contributed by atoms with E-state index < -0.39 is 5.66 Å². The van der Waals surface area contributed by atoms with E-state index in [4.69, 9.17) is 0 Å². The fraction of sp³-hybridized carbons (Fsp3) is 0.444. The van der Waals surface area contributed by atoms with Crippen LogP contribution in [0.1, 0.15) is 32.6 Å². The van der Waals surface area contributed by atoms with Crippen LogP contribution in [0.2, 0.25) is 0 Å². The van der Waals surface area contributed by atoms with Crippen LogP contribution < -0.4 is 5.32 Å². The average molecular weight is 328 g/mol. The number of nitrogens with zero attached hydrogens (tertiary/aromatic N) is 3. The number of rotatable bonds is 9. The molecule has 6 nitrogen and oxygen atoms in total. The van der Waals surface area contributed by atoms with Crippen molar-refractivity contribution < 1.29 is 4.92 Å². The van der Waals surface area contributed by atoms with Gasteiger partial charge in [0.05, 0.1) is 10.6 Å². The summed E-state index contributed by atoms with van der Waals surface area (Å²) in [5.41, 5.74) is -0.565. The quantitative estimate of drug-likeness (QED) is 0.182. The Kier molecular flexibility index (Phi) is 6.81. The zero-order valence-corrected chi connectivity index (χ0v) is 14.0. The third-order valence-corrected chi connectivity index (χ3v) is 3.90. The Bertz CT molecular complexity index is 597. The van der Waals surface area contributed by atoms with Gasteiger partial charge in [0, 0.05) is 18.7 Å². The summed E-state index contributed by atoms with van der Waals surface area (Å²) in [5.74, 6) is 0. The van der Waals surface area contributed by atoms with Crippen LogP contribution in [0.25, 0.3) is 0 Å². The molecule has 1 aromatic carbocycles. The summed E-state index contributed by atoms with van der Waals surface area (Å²) >= 11 is 0. The third kappa shape index (κ3) is 5.09. The second kappa shape index (κ2) is 9.08. The van der Waals surface area contributed by atoms with Gasteiger partial charge in [-0.25, -0.2) is 5.32 Å². The Morgan fingerprint density at radius 2 is 1.88 bits per heavy atom. The minimum Gasteiger partial charge on any atom is -0.262 e. The van der Waals surface area contributed by atoms with Crippen molar-refractivity contribution in [1.29, 1.82) is 0 Å². The Hall–Kier alpha value is -2.34. The summed E-state index contributed by atoms with van der Waals surface area (Å²) in [6.45, 7) is 2.76. The van der Waals surface area contributed by atoms with E-state index in [1.54, 1.807) is 24.3 Å². The highest BCUT2D eigenvalue weighted by atomic mass is 16.6. The first kappa shape index (κ1) is 18.0. The van der Waals surface area contributed by atoms with Gasteiger partial charge in [0.2, 0.25) is 0 Å². The molecular formula is C18H24N4O2. The minimum atomic E-state index is -1.33. The van der Waals surface area contributed by atoms with E-state index in [1.807, 2.05) is 30.3 Å². The predicted octanol–water partition coefficient (Wildman–Crippen LogP) is 4.41. The van der Waals surface area contributed by atoms with E-state index in [1.165, 1.54) is 0 Å². The summed E-state index contributed by atoms with van der Waals surface area (Å²) in [5, 5.41) is 22.9. The van der Waals surface area contributed by atoms with Gasteiger partial charge in [-0.2, -0.15) is 10.2 Å². The summed E-state index contributed by atoms with van der Waals surface area (Å²) in [6, 6.07) is 9.14. The highest BCUT2D eigenvalue weighted by Gasteiger charge is 2.38. The van der Waals surface area contributed by atoms with Crippen molar-refractivity contribution in [3.63, 3.8) is 0 Å². The molecule has 0 bridgehead atoms. The monoisotopic (exact) mass is 328 g/mol. The van der Waals surface area contributed by atoms with E-state index in [9.17, 15) is 10.1 Å². The molecule has 0 aliphatic heterocycles. The highest BCUT2D eigenvalue weighted by Crippen LogP contribution is 2.20. The van der Waals surface area contributed by atoms with Crippen molar-refractivity contribution in [3.8, 4) is 0 Å². The fourth-order valence-corrected chi connectivity index (χ4v) is 2.46. The average Bonchev–Trinajstić information content (AvgIpc) is 2.61. The Balaban J connectivity index is 1.93. The number of unbranched alkanes of at least 4 members (excludes halogenated alkanes) is 3. The van der Waals surface area contributed by atoms with Gasteiger partial charge in [-0.15, -0.1) is 0 Å². The maximum Gasteiger partial charge on any atom is 0.313 e. The summed E-state index contributed by atoms with van der Waals surface area (Å²) in [4.78, 5) is 11.2. The Morgan fingerprint density at radius 1 is 1.17 bits per heavy atom. The van der Waals surface area contributed by atoms with Gasteiger partial charge in [-0.1, -0.05) is 44.4 Å². The standard InChI is InChI=1S/C18H24N4O2/c1-2-3-4-8-15-19-18(22(23)24)13-11-17(12-14-18)21-20-16-9-6-5-7-10-16/h5-7,9-14,17,19H,2-4,8,15H2,1H3. The number of nitrogens with one attached hydrogen (secondary N) is 1. The lowest BCUT2D eigenvalue weighted by Gasteiger charge is -2.23. The second-order valence-corrected chi connectivity index (χ2v) is 5.83. The number of nitro groups is 1. The van der Waals surface area contributed by atoms with Crippen LogP contribution in [0.15, 0.2) is 64.9 Å². The van der Waals surface area contributed by atoms with E-state index in [0.29, 0.717) is 6.54 Å². The summed E-state index contributed by atoms with van der Waals surface area (Å²) in [7, 11) is 0. The van der Waals surface area contributed by atoms with Gasteiger partial charge in [0.25, 0.3) is 0 Å². The molecule has 0 atom stereocenters. The first-order valence-electron chi connectivity index (χ1n) is 8.40. The van der Waals surface area contributed by atoms with E-state index in [-0.39, 0.29) is 11.0 Å². The molecule has 24 heavy (non-hydrogen) atoms. The smallest absolute Gasteiger partial charge is 0.262 e. The van der Waals surface area contributed by atoms with Crippen molar-refractivity contribution in [2.75, 3.05) is 6.54 Å². The van der Waals surface area contributed by atoms with Crippen LogP contribution in [-0.4, -0.2) is 23.2 Å². The second-order valence-electron chi connectivity index (χ2n) is 5.83. The van der Waals surface area contributed by atoms with E-state index in [2.05, 4.69) is 22.5 Å². The molecule has 0 spiro atoms. The zero-order valence-electron chi connectivity index (χ0n) is 14.0. The van der Waals surface area contributed by atoms with Gasteiger partial charge >= 0.3 is 5.66 Å². The molecule has 0 unspecified atom stereocenters. The third-order valence-electron chi connectivity index (χ3n) is 3.90. The van der Waals surface area contributed by atoms with Crippen molar-refractivity contribution in [2.45, 2.75) is 44.3 Å². The molecule has 0 fully saturated rings.